The molecule has 0 fully saturated rings. The molecule has 0 unspecified atom stereocenters. The van der Waals surface area contributed by atoms with Crippen LogP contribution in [-0.2, 0) is 22.4 Å². The van der Waals surface area contributed by atoms with Crippen LogP contribution in [0.15, 0.2) is 30.3 Å². The lowest BCUT2D eigenvalue weighted by atomic mass is 9.96. The normalized spacial score (nSPS) is 13.6. The van der Waals surface area contributed by atoms with Crippen molar-refractivity contribution in [1.82, 2.24) is 0 Å². The lowest BCUT2D eigenvalue weighted by molar-refractivity contribution is -0.131. The Morgan fingerprint density at radius 3 is 2.62 bits per heavy atom. The van der Waals surface area contributed by atoms with Crippen LogP contribution < -0.4 is 5.32 Å². The Balaban J connectivity index is 1.77. The second kappa shape index (κ2) is 7.73. The molecule has 1 aromatic heterocycles. The van der Waals surface area contributed by atoms with Gasteiger partial charge in [0.25, 0.3) is 5.91 Å². The van der Waals surface area contributed by atoms with Crippen LogP contribution in [0.4, 0.5) is 5.00 Å². The summed E-state index contributed by atoms with van der Waals surface area (Å²) in [6.45, 7) is 0. The van der Waals surface area contributed by atoms with Crippen molar-refractivity contribution in [3.63, 3.8) is 0 Å². The molecule has 0 saturated heterocycles. The smallest absolute Gasteiger partial charge is 0.296 e. The number of benzene rings is 1. The van der Waals surface area contributed by atoms with Gasteiger partial charge in [-0.1, -0.05) is 11.6 Å². The minimum absolute atomic E-state index is 0.326. The highest BCUT2D eigenvalue weighted by Gasteiger charge is 2.23. The number of aliphatic hydroxyl groups excluding tert-OH is 1. The van der Waals surface area contributed by atoms with Crippen molar-refractivity contribution < 1.29 is 14.7 Å². The number of carbonyl (C=O) groups excluding carboxylic acids is 2. The number of ketones is 1. The minimum Gasteiger partial charge on any atom is -0.507 e. The number of nitrogens with one attached hydrogen (secondary N) is 1. The molecule has 0 bridgehead atoms. The van der Waals surface area contributed by atoms with Crippen molar-refractivity contribution in [2.45, 2.75) is 25.7 Å². The van der Waals surface area contributed by atoms with Crippen LogP contribution in [0.25, 0.3) is 5.76 Å². The number of fused-ring (bicyclic) bond motifs is 1. The fraction of sp³-hybridized carbons (Fsp3) is 0.211. The van der Waals surface area contributed by atoms with Gasteiger partial charge in [-0.25, -0.2) is 0 Å². The second-order valence-corrected chi connectivity index (χ2v) is 7.42. The van der Waals surface area contributed by atoms with E-state index in [1.54, 1.807) is 24.3 Å². The van der Waals surface area contributed by atoms with Crippen molar-refractivity contribution in [2.24, 2.45) is 0 Å². The summed E-state index contributed by atoms with van der Waals surface area (Å²) in [5.74, 6) is -2.11. The van der Waals surface area contributed by atoms with Gasteiger partial charge in [0, 0.05) is 21.5 Å². The number of aryl methyl sites for hydroxylation is 1. The molecule has 0 radical (unpaired) electrons. The molecule has 1 heterocycles. The number of nitrogens with zero attached hydrogens (tertiary/aromatic N) is 1. The molecule has 0 spiro atoms. The zero-order chi connectivity index (χ0) is 18.7. The van der Waals surface area contributed by atoms with Gasteiger partial charge >= 0.3 is 0 Å². The summed E-state index contributed by atoms with van der Waals surface area (Å²) >= 11 is 7.12. The average molecular weight is 387 g/mol. The van der Waals surface area contributed by atoms with Crippen molar-refractivity contribution in [2.75, 3.05) is 5.32 Å². The summed E-state index contributed by atoms with van der Waals surface area (Å²) in [5, 5.41) is 22.8. The number of nitriles is 1. The molecule has 0 saturated carbocycles. The van der Waals surface area contributed by atoms with E-state index in [-0.39, 0.29) is 5.76 Å². The zero-order valence-electron chi connectivity index (χ0n) is 13.7. The van der Waals surface area contributed by atoms with E-state index in [0.717, 1.165) is 42.2 Å². The summed E-state index contributed by atoms with van der Waals surface area (Å²) in [6.07, 6.45) is 4.63. The van der Waals surface area contributed by atoms with Crippen LogP contribution in [0.3, 0.4) is 0 Å². The molecule has 2 aromatic rings. The van der Waals surface area contributed by atoms with Crippen molar-refractivity contribution >= 4 is 45.4 Å². The van der Waals surface area contributed by atoms with Crippen molar-refractivity contribution in [3.8, 4) is 6.07 Å². The Bertz CT molecular complexity index is 939. The first-order chi connectivity index (χ1) is 12.5. The summed E-state index contributed by atoms with van der Waals surface area (Å²) in [5.41, 5.74) is 1.79. The monoisotopic (exact) mass is 386 g/mol. The number of hydrogen-bond acceptors (Lipinski definition) is 5. The molecule has 1 aromatic carbocycles. The lowest BCUT2D eigenvalue weighted by Gasteiger charge is -2.09. The van der Waals surface area contributed by atoms with Gasteiger partial charge in [0.2, 0.25) is 5.78 Å². The molecule has 5 nitrogen and oxygen atoms in total. The predicted octanol–water partition coefficient (Wildman–Crippen LogP) is 4.26. The fourth-order valence-electron chi connectivity index (χ4n) is 2.83. The number of hydrogen-bond donors (Lipinski definition) is 2. The van der Waals surface area contributed by atoms with E-state index in [2.05, 4.69) is 11.4 Å². The first-order valence-corrected chi connectivity index (χ1v) is 9.25. The summed E-state index contributed by atoms with van der Waals surface area (Å²) in [7, 11) is 0. The van der Waals surface area contributed by atoms with E-state index in [1.165, 1.54) is 11.3 Å². The Morgan fingerprint density at radius 2 is 1.92 bits per heavy atom. The molecular weight excluding hydrogens is 372 g/mol. The SMILES string of the molecule is N#Cc1c(NC(=O)C(=O)/C=C(\O)c2ccc(Cl)cc2)sc2c1CCCC2. The number of carbonyl (C=O) groups is 2. The predicted molar refractivity (Wildman–Crippen MR) is 101 cm³/mol. The highest BCUT2D eigenvalue weighted by molar-refractivity contribution is 7.16. The number of rotatable bonds is 4. The average Bonchev–Trinajstić information content (AvgIpc) is 2.99. The quantitative estimate of drug-likeness (QED) is 0.466. The highest BCUT2D eigenvalue weighted by atomic mass is 35.5. The number of amides is 1. The molecular formula is C19H15ClN2O3S. The first kappa shape index (κ1) is 18.2. The molecule has 7 heteroatoms. The summed E-state index contributed by atoms with van der Waals surface area (Å²) in [4.78, 5) is 25.4. The first-order valence-electron chi connectivity index (χ1n) is 8.06. The Kier molecular flexibility index (Phi) is 5.40. The van der Waals surface area contributed by atoms with E-state index in [4.69, 9.17) is 11.6 Å². The van der Waals surface area contributed by atoms with E-state index >= 15 is 0 Å². The van der Waals surface area contributed by atoms with Crippen LogP contribution in [0.1, 0.15) is 34.4 Å². The van der Waals surface area contributed by atoms with Gasteiger partial charge in [0.05, 0.1) is 5.56 Å². The van der Waals surface area contributed by atoms with Crippen LogP contribution in [0, 0.1) is 11.3 Å². The standard InChI is InChI=1S/C19H15ClN2O3S/c20-12-7-5-11(6-8-12)15(23)9-16(24)18(25)22-19-14(10-21)13-3-1-2-4-17(13)26-19/h5-9,23H,1-4H2,(H,22,25)/b15-9-. The highest BCUT2D eigenvalue weighted by Crippen LogP contribution is 2.37. The van der Waals surface area contributed by atoms with E-state index in [9.17, 15) is 20.0 Å². The molecule has 3 rings (SSSR count). The molecule has 1 aliphatic carbocycles. The van der Waals surface area contributed by atoms with E-state index in [0.29, 0.717) is 21.2 Å². The molecule has 1 aliphatic rings. The largest absolute Gasteiger partial charge is 0.507 e. The van der Waals surface area contributed by atoms with Gasteiger partial charge in [-0.15, -0.1) is 11.3 Å². The fourth-order valence-corrected chi connectivity index (χ4v) is 4.19. The van der Waals surface area contributed by atoms with Gasteiger partial charge in [-0.2, -0.15) is 5.26 Å². The van der Waals surface area contributed by atoms with E-state index in [1.807, 2.05) is 0 Å². The maximum Gasteiger partial charge on any atom is 0.296 e. The second-order valence-electron chi connectivity index (χ2n) is 5.88. The third kappa shape index (κ3) is 3.79. The van der Waals surface area contributed by atoms with Crippen LogP contribution in [0.2, 0.25) is 5.02 Å². The summed E-state index contributed by atoms with van der Waals surface area (Å²) < 4.78 is 0. The lowest BCUT2D eigenvalue weighted by Crippen LogP contribution is -2.21. The summed E-state index contributed by atoms with van der Waals surface area (Å²) in [6, 6.07) is 8.35. The van der Waals surface area contributed by atoms with E-state index < -0.39 is 11.7 Å². The van der Waals surface area contributed by atoms with Crippen LogP contribution >= 0.6 is 22.9 Å². The zero-order valence-corrected chi connectivity index (χ0v) is 15.3. The topological polar surface area (TPSA) is 90.2 Å². The Labute approximate surface area is 159 Å². The molecule has 26 heavy (non-hydrogen) atoms. The molecule has 0 atom stereocenters. The number of thiophene rings is 1. The minimum atomic E-state index is -0.896. The molecule has 0 aliphatic heterocycles. The van der Waals surface area contributed by atoms with Crippen molar-refractivity contribution in [3.05, 3.63) is 56.9 Å². The maximum absolute atomic E-state index is 12.2. The molecule has 132 valence electrons. The van der Waals surface area contributed by atoms with Gasteiger partial charge in [-0.3, -0.25) is 9.59 Å². The van der Waals surface area contributed by atoms with Gasteiger partial charge in [-0.05, 0) is 55.5 Å². The third-order valence-electron chi connectivity index (χ3n) is 4.14. The number of aliphatic hydroxyl groups is 1. The third-order valence-corrected chi connectivity index (χ3v) is 5.60. The van der Waals surface area contributed by atoms with Gasteiger partial charge < -0.3 is 10.4 Å². The molecule has 2 N–H and O–H groups in total. The van der Waals surface area contributed by atoms with Gasteiger partial charge in [0.1, 0.15) is 16.8 Å². The number of halogens is 1. The Hall–Kier alpha value is -2.62. The molecule has 1 amide bonds. The maximum atomic E-state index is 12.2. The van der Waals surface area contributed by atoms with Gasteiger partial charge in [0.15, 0.2) is 0 Å². The van der Waals surface area contributed by atoms with Crippen LogP contribution in [0.5, 0.6) is 0 Å². The Morgan fingerprint density at radius 1 is 1.23 bits per heavy atom. The van der Waals surface area contributed by atoms with Crippen LogP contribution in [-0.4, -0.2) is 16.8 Å². The number of anilines is 1. The van der Waals surface area contributed by atoms with Crippen molar-refractivity contribution in [1.29, 1.82) is 5.26 Å².